The lowest BCUT2D eigenvalue weighted by atomic mass is 10.2. The Bertz CT molecular complexity index is 484. The van der Waals surface area contributed by atoms with Crippen LogP contribution >= 0.6 is 0 Å². The fourth-order valence-electron chi connectivity index (χ4n) is 2.09. The molecule has 2 rings (SSSR count). The number of rotatable bonds is 4. The Morgan fingerprint density at radius 2 is 2.11 bits per heavy atom. The monoisotopic (exact) mass is 263 g/mol. The molecule has 2 N–H and O–H groups in total. The Hall–Kier alpha value is -2.11. The lowest BCUT2D eigenvalue weighted by Gasteiger charge is -2.19. The van der Waals surface area contributed by atoms with Crippen LogP contribution in [0.3, 0.4) is 0 Å². The number of hydrogen-bond donors (Lipinski definition) is 2. The topological polar surface area (TPSA) is 82.5 Å². The van der Waals surface area contributed by atoms with E-state index < -0.39 is 17.9 Å². The van der Waals surface area contributed by atoms with Gasteiger partial charge in [-0.15, -0.1) is 0 Å². The summed E-state index contributed by atoms with van der Waals surface area (Å²) >= 11 is 0. The minimum absolute atomic E-state index is 0.398. The summed E-state index contributed by atoms with van der Waals surface area (Å²) in [6.07, 6.45) is 3.82. The molecule has 0 aliphatic carbocycles. The van der Waals surface area contributed by atoms with Gasteiger partial charge in [0.05, 0.1) is 5.56 Å². The Kier molecular flexibility index (Phi) is 3.99. The lowest BCUT2D eigenvalue weighted by molar-refractivity contribution is -0.138. The maximum Gasteiger partial charge on any atom is 0.325 e. The van der Waals surface area contributed by atoms with Crippen LogP contribution in [0.2, 0.25) is 0 Å². The molecule has 102 valence electrons. The zero-order valence-corrected chi connectivity index (χ0v) is 10.8. The molecule has 6 nitrogen and oxygen atoms in total. The highest BCUT2D eigenvalue weighted by Gasteiger charge is 2.22. The fourth-order valence-corrected chi connectivity index (χ4v) is 2.09. The maximum atomic E-state index is 12.1. The van der Waals surface area contributed by atoms with Crippen molar-refractivity contribution in [3.8, 4) is 0 Å². The van der Waals surface area contributed by atoms with Gasteiger partial charge in [0.15, 0.2) is 0 Å². The van der Waals surface area contributed by atoms with E-state index in [1.807, 2.05) is 0 Å². The highest BCUT2D eigenvalue weighted by molar-refractivity contribution is 6.00. The van der Waals surface area contributed by atoms with Crippen LogP contribution in [0.25, 0.3) is 0 Å². The molecule has 2 heterocycles. The van der Waals surface area contributed by atoms with Crippen LogP contribution in [-0.2, 0) is 4.79 Å². The quantitative estimate of drug-likeness (QED) is 0.842. The molecule has 1 fully saturated rings. The molecule has 1 saturated heterocycles. The van der Waals surface area contributed by atoms with E-state index in [1.54, 1.807) is 18.3 Å². The molecular formula is C13H17N3O3. The number of amides is 1. The molecule has 1 amide bonds. The minimum atomic E-state index is -1.06. The van der Waals surface area contributed by atoms with Gasteiger partial charge in [-0.2, -0.15) is 0 Å². The van der Waals surface area contributed by atoms with E-state index in [-0.39, 0.29) is 0 Å². The minimum Gasteiger partial charge on any atom is -0.480 e. The van der Waals surface area contributed by atoms with E-state index in [2.05, 4.69) is 15.2 Å². The Labute approximate surface area is 111 Å². The third-order valence-corrected chi connectivity index (χ3v) is 3.15. The average Bonchev–Trinajstić information content (AvgIpc) is 2.92. The molecule has 1 aromatic heterocycles. The van der Waals surface area contributed by atoms with Gasteiger partial charge < -0.3 is 15.3 Å². The summed E-state index contributed by atoms with van der Waals surface area (Å²) in [6, 6.07) is 2.43. The molecule has 1 atom stereocenters. The predicted octanol–water partition coefficient (Wildman–Crippen LogP) is 0.885. The predicted molar refractivity (Wildman–Crippen MR) is 70.2 cm³/mol. The van der Waals surface area contributed by atoms with Crippen LogP contribution in [0.1, 0.15) is 30.1 Å². The summed E-state index contributed by atoms with van der Waals surface area (Å²) in [7, 11) is 0. The summed E-state index contributed by atoms with van der Waals surface area (Å²) in [5, 5.41) is 11.3. The third kappa shape index (κ3) is 3.01. The van der Waals surface area contributed by atoms with Gasteiger partial charge in [-0.05, 0) is 31.9 Å². The molecule has 1 aromatic rings. The van der Waals surface area contributed by atoms with Gasteiger partial charge >= 0.3 is 5.97 Å². The van der Waals surface area contributed by atoms with Gasteiger partial charge in [0.25, 0.3) is 5.91 Å². The van der Waals surface area contributed by atoms with Crippen molar-refractivity contribution in [2.24, 2.45) is 0 Å². The Morgan fingerprint density at radius 3 is 2.74 bits per heavy atom. The summed E-state index contributed by atoms with van der Waals surface area (Å²) in [6.45, 7) is 3.20. The van der Waals surface area contributed by atoms with E-state index in [0.29, 0.717) is 11.4 Å². The van der Waals surface area contributed by atoms with E-state index in [0.717, 1.165) is 25.9 Å². The van der Waals surface area contributed by atoms with E-state index in [9.17, 15) is 9.59 Å². The number of carbonyl (C=O) groups is 2. The van der Waals surface area contributed by atoms with Crippen molar-refractivity contribution >= 4 is 17.7 Å². The van der Waals surface area contributed by atoms with Crippen LogP contribution in [0.4, 0.5) is 5.82 Å². The Morgan fingerprint density at radius 1 is 1.42 bits per heavy atom. The lowest BCUT2D eigenvalue weighted by Crippen LogP contribution is -2.39. The molecule has 0 radical (unpaired) electrons. The molecule has 1 aliphatic heterocycles. The number of nitrogens with one attached hydrogen (secondary N) is 1. The number of pyridine rings is 1. The van der Waals surface area contributed by atoms with Crippen molar-refractivity contribution in [3.05, 3.63) is 23.9 Å². The first kappa shape index (κ1) is 13.3. The van der Waals surface area contributed by atoms with Crippen molar-refractivity contribution in [1.82, 2.24) is 10.3 Å². The van der Waals surface area contributed by atoms with Crippen LogP contribution < -0.4 is 10.2 Å². The number of nitrogens with zero attached hydrogens (tertiary/aromatic N) is 2. The summed E-state index contributed by atoms with van der Waals surface area (Å²) in [5.74, 6) is -0.819. The molecule has 6 heteroatoms. The second-order valence-corrected chi connectivity index (χ2v) is 4.60. The third-order valence-electron chi connectivity index (χ3n) is 3.15. The number of carboxylic acids is 1. The molecule has 0 spiro atoms. The van der Waals surface area contributed by atoms with Gasteiger partial charge in [-0.1, -0.05) is 0 Å². The van der Waals surface area contributed by atoms with Crippen molar-refractivity contribution in [1.29, 1.82) is 0 Å². The number of carboxylic acid groups (broad SMARTS) is 1. The van der Waals surface area contributed by atoms with Gasteiger partial charge in [-0.25, -0.2) is 4.98 Å². The molecule has 1 aliphatic rings. The van der Waals surface area contributed by atoms with Crippen molar-refractivity contribution in [2.45, 2.75) is 25.8 Å². The number of aliphatic carboxylic acids is 1. The van der Waals surface area contributed by atoms with Crippen LogP contribution in [0.15, 0.2) is 18.3 Å². The van der Waals surface area contributed by atoms with Crippen molar-refractivity contribution < 1.29 is 14.7 Å². The molecule has 0 unspecified atom stereocenters. The van der Waals surface area contributed by atoms with Crippen LogP contribution in [0, 0.1) is 0 Å². The largest absolute Gasteiger partial charge is 0.480 e. The van der Waals surface area contributed by atoms with Crippen LogP contribution in [0.5, 0.6) is 0 Å². The number of aromatic nitrogens is 1. The molecule has 0 saturated carbocycles. The highest BCUT2D eigenvalue weighted by Crippen LogP contribution is 2.21. The number of anilines is 1. The maximum absolute atomic E-state index is 12.1. The van der Waals surface area contributed by atoms with Gasteiger partial charge in [-0.3, -0.25) is 9.59 Å². The van der Waals surface area contributed by atoms with E-state index >= 15 is 0 Å². The first-order valence-electron chi connectivity index (χ1n) is 6.33. The molecule has 19 heavy (non-hydrogen) atoms. The normalized spacial score (nSPS) is 16.2. The van der Waals surface area contributed by atoms with Crippen molar-refractivity contribution in [3.63, 3.8) is 0 Å². The molecule has 0 aromatic carbocycles. The summed E-state index contributed by atoms with van der Waals surface area (Å²) in [4.78, 5) is 29.2. The number of carbonyl (C=O) groups excluding carboxylic acids is 1. The zero-order valence-electron chi connectivity index (χ0n) is 10.8. The average molecular weight is 263 g/mol. The number of hydrogen-bond acceptors (Lipinski definition) is 4. The van der Waals surface area contributed by atoms with Crippen molar-refractivity contribution in [2.75, 3.05) is 18.0 Å². The second-order valence-electron chi connectivity index (χ2n) is 4.60. The zero-order chi connectivity index (χ0) is 13.8. The SMILES string of the molecule is C[C@H](NC(=O)c1cccnc1N1CCCC1)C(=O)O. The van der Waals surface area contributed by atoms with Gasteiger partial charge in [0.2, 0.25) is 0 Å². The first-order valence-corrected chi connectivity index (χ1v) is 6.33. The van der Waals surface area contributed by atoms with E-state index in [4.69, 9.17) is 5.11 Å². The highest BCUT2D eigenvalue weighted by atomic mass is 16.4. The molecule has 0 bridgehead atoms. The standard InChI is InChI=1S/C13H17N3O3/c1-9(13(18)19)15-12(17)10-5-4-6-14-11(10)16-7-2-3-8-16/h4-6,9H,2-3,7-8H2,1H3,(H,15,17)(H,18,19)/t9-/m0/s1. The van der Waals surface area contributed by atoms with E-state index in [1.165, 1.54) is 6.92 Å². The van der Waals surface area contributed by atoms with Gasteiger partial charge in [0.1, 0.15) is 11.9 Å². The summed E-state index contributed by atoms with van der Waals surface area (Å²) < 4.78 is 0. The summed E-state index contributed by atoms with van der Waals surface area (Å²) in [5.41, 5.74) is 0.428. The van der Waals surface area contributed by atoms with Gasteiger partial charge in [0, 0.05) is 19.3 Å². The Balaban J connectivity index is 2.19. The smallest absolute Gasteiger partial charge is 0.325 e. The van der Waals surface area contributed by atoms with Crippen LogP contribution in [-0.4, -0.2) is 41.1 Å². The fraction of sp³-hybridized carbons (Fsp3) is 0.462. The second kappa shape index (κ2) is 5.69. The molecular weight excluding hydrogens is 246 g/mol. The first-order chi connectivity index (χ1) is 9.09.